The number of carbonyl (C=O) groups excluding carboxylic acids is 2. The maximum atomic E-state index is 13.4. The summed E-state index contributed by atoms with van der Waals surface area (Å²) in [7, 11) is -11.3. The van der Waals surface area contributed by atoms with Crippen LogP contribution in [0.4, 0.5) is 5.82 Å². The number of nitrogen functional groups attached to an aromatic ring is 1. The number of nitrogens with zero attached hydrogens (tertiary/aromatic N) is 2. The molecule has 0 spiro atoms. The molecule has 0 saturated carbocycles. The molecule has 3 heterocycles. The second kappa shape index (κ2) is 36.6. The first kappa shape index (κ1) is 65.9. The molecule has 1 fully saturated rings. The molecule has 21 nitrogen and oxygen atoms in total. The Kier molecular flexibility index (Phi) is 32.2. The number of phosphoric ester groups is 2. The van der Waals surface area contributed by atoms with Crippen molar-refractivity contribution in [2.75, 3.05) is 25.6 Å². The van der Waals surface area contributed by atoms with E-state index in [2.05, 4.69) is 40.5 Å². The molecule has 0 aromatic carbocycles. The zero-order chi connectivity index (χ0) is 55.1. The van der Waals surface area contributed by atoms with Gasteiger partial charge in [-0.05, 0) is 70.3 Å². The van der Waals surface area contributed by atoms with Crippen LogP contribution in [0.15, 0.2) is 65.7 Å². The number of phosphoric acid groups is 2. The van der Waals surface area contributed by atoms with Crippen molar-refractivity contribution in [3.63, 3.8) is 0 Å². The number of aromatic nitrogens is 2. The van der Waals surface area contributed by atoms with Gasteiger partial charge in [-0.25, -0.2) is 13.9 Å². The number of unbranched alkanes of at least 4 members (excludes halogenated alkanes) is 12. The lowest BCUT2D eigenvalue weighted by atomic mass is 9.82. The first-order valence-corrected chi connectivity index (χ1v) is 29.9. The van der Waals surface area contributed by atoms with Gasteiger partial charge in [-0.15, -0.1) is 0 Å². The molecule has 0 aliphatic carbocycles. The van der Waals surface area contributed by atoms with E-state index in [1.807, 2.05) is 6.92 Å². The number of aliphatic hydroxyl groups is 5. The highest BCUT2D eigenvalue weighted by Gasteiger charge is 2.45. The highest BCUT2D eigenvalue weighted by molar-refractivity contribution is 7.61. The van der Waals surface area contributed by atoms with Gasteiger partial charge >= 0.3 is 33.3 Å². The van der Waals surface area contributed by atoms with Crippen molar-refractivity contribution in [3.05, 3.63) is 71.4 Å². The normalized spacial score (nSPS) is 29.7. The minimum atomic E-state index is -5.71. The standard InChI is InChI=1S/C52H87N3O18P2/c1-3-5-7-8-9-10-11-12-13-14-15-16-17-18-19-20-25-29-47(59)68-36-40-37-69-74(64,65)73-75(66,67)70-38-45-50(62)49(61)41(32-31-39(56)27-23-6-4-2)43(57)35-44(58)42(28-24-21-22-26-30-48(60)71-40)51(72-45)55-34-33-46(53)54-52(55)63/h9-10,12-13,21,24,31-34,39-45,49-51,56-58,61-62H,3-8,11,14-20,22-23,25-30,35-38H2,1-2H3,(H,64,65)(H,66,67)(H2,53,54,63)/b10-9-,13-12-,24-21?,32-31-/t39-,40+,41-,42-,43+,44-,45+,49-,50+,51+/m0/s1. The highest BCUT2D eigenvalue weighted by Crippen LogP contribution is 2.60. The highest BCUT2D eigenvalue weighted by atomic mass is 31.3. The van der Waals surface area contributed by atoms with Gasteiger partial charge in [0.15, 0.2) is 6.10 Å². The van der Waals surface area contributed by atoms with Crippen molar-refractivity contribution >= 4 is 33.4 Å². The van der Waals surface area contributed by atoms with Crippen LogP contribution in [0.1, 0.15) is 168 Å². The number of anilines is 1. The average Bonchev–Trinajstić information content (AvgIpc) is 3.35. The van der Waals surface area contributed by atoms with Crippen molar-refractivity contribution < 1.29 is 81.6 Å². The van der Waals surface area contributed by atoms with Crippen molar-refractivity contribution in [3.8, 4) is 0 Å². The summed E-state index contributed by atoms with van der Waals surface area (Å²) in [5, 5.41) is 57.4. The molecule has 2 aliphatic rings. The number of esters is 2. The van der Waals surface area contributed by atoms with Gasteiger partial charge in [0.2, 0.25) is 0 Å². The molecule has 3 rings (SSSR count). The molecular weight excluding hydrogens is 1020 g/mol. The van der Waals surface area contributed by atoms with Crippen LogP contribution in [0.25, 0.3) is 0 Å². The fourth-order valence-corrected chi connectivity index (χ4v) is 10.7. The van der Waals surface area contributed by atoms with Crippen LogP contribution in [0, 0.1) is 11.8 Å². The molecule has 2 aliphatic heterocycles. The number of aliphatic hydroxyl groups excluding tert-OH is 5. The Morgan fingerprint density at radius 1 is 0.853 bits per heavy atom. The van der Waals surface area contributed by atoms with Crippen LogP contribution >= 0.6 is 15.6 Å². The Morgan fingerprint density at radius 2 is 1.49 bits per heavy atom. The fraction of sp³-hybridized carbons (Fsp3) is 0.731. The zero-order valence-electron chi connectivity index (χ0n) is 43.9. The molecule has 1 aromatic rings. The fourth-order valence-electron chi connectivity index (χ4n) is 8.62. The molecule has 12 atom stereocenters. The number of cyclic esters (lactones) is 1. The number of hydrogen-bond donors (Lipinski definition) is 8. The van der Waals surface area contributed by atoms with E-state index in [0.717, 1.165) is 75.2 Å². The van der Waals surface area contributed by atoms with Crippen LogP contribution in [0.5, 0.6) is 0 Å². The first-order valence-electron chi connectivity index (χ1n) is 26.9. The Labute approximate surface area is 442 Å². The van der Waals surface area contributed by atoms with Crippen molar-refractivity contribution in [1.29, 1.82) is 0 Å². The van der Waals surface area contributed by atoms with E-state index in [1.165, 1.54) is 43.7 Å². The molecule has 23 heteroatoms. The van der Waals surface area contributed by atoms with Crippen LogP contribution in [0.3, 0.4) is 0 Å². The van der Waals surface area contributed by atoms with Gasteiger partial charge in [0.1, 0.15) is 30.9 Å². The minimum Gasteiger partial charge on any atom is -0.462 e. The molecule has 9 N–H and O–H groups in total. The number of nitrogens with two attached hydrogens (primary N) is 1. The van der Waals surface area contributed by atoms with Gasteiger partial charge in [-0.2, -0.15) is 9.29 Å². The lowest BCUT2D eigenvalue weighted by molar-refractivity contribution is -0.194. The smallest absolute Gasteiger partial charge is 0.462 e. The van der Waals surface area contributed by atoms with Gasteiger partial charge in [-0.3, -0.25) is 23.2 Å². The second-order valence-electron chi connectivity index (χ2n) is 19.3. The summed E-state index contributed by atoms with van der Waals surface area (Å²) in [5.41, 5.74) is 4.78. The Hall–Kier alpha value is -3.40. The second-order valence-corrected chi connectivity index (χ2v) is 22.4. The van der Waals surface area contributed by atoms with Crippen LogP contribution < -0.4 is 11.4 Å². The van der Waals surface area contributed by atoms with Crippen molar-refractivity contribution in [2.45, 2.75) is 210 Å². The van der Waals surface area contributed by atoms with Gasteiger partial charge < -0.3 is 55.3 Å². The number of carbonyl (C=O) groups is 2. The topological polar surface area (TPSA) is 326 Å². The lowest BCUT2D eigenvalue weighted by Gasteiger charge is -2.40. The SMILES string of the molecule is CCCCC/C=C\C/C=C\CCCCCCCCCC(=O)OC[C@@H]1COP(=O)(O)OP(=O)(O)OC[C@H]2O[C@@H](n3ccc(N)nc3=O)[C@@H](CC=CCCCC(=O)O1)[C@@H](O)C[C@@H](O)[C@H](/C=C\[C@@H](O)CCCCC)[C@H](O)[C@@H]2O. The quantitative estimate of drug-likeness (QED) is 0.0201. The molecule has 1 aromatic heterocycles. The number of rotatable bonds is 25. The van der Waals surface area contributed by atoms with Crippen LogP contribution in [0.2, 0.25) is 0 Å². The van der Waals surface area contributed by atoms with E-state index in [9.17, 15) is 58.8 Å². The number of allylic oxidation sites excluding steroid dienone is 6. The summed E-state index contributed by atoms with van der Waals surface area (Å²) in [6, 6.07) is 1.24. The third-order valence-electron chi connectivity index (χ3n) is 12.9. The Bertz CT molecular complexity index is 2070. The van der Waals surface area contributed by atoms with E-state index in [4.69, 9.17) is 29.0 Å². The van der Waals surface area contributed by atoms with Crippen LogP contribution in [-0.2, 0) is 46.3 Å². The van der Waals surface area contributed by atoms with Crippen molar-refractivity contribution in [2.24, 2.45) is 11.8 Å². The van der Waals surface area contributed by atoms with Crippen molar-refractivity contribution in [1.82, 2.24) is 9.55 Å². The monoisotopic (exact) mass is 1100 g/mol. The summed E-state index contributed by atoms with van der Waals surface area (Å²) >= 11 is 0. The summed E-state index contributed by atoms with van der Waals surface area (Å²) < 4.78 is 59.0. The van der Waals surface area contributed by atoms with Gasteiger partial charge in [0.25, 0.3) is 0 Å². The van der Waals surface area contributed by atoms with Gasteiger partial charge in [-0.1, -0.05) is 127 Å². The van der Waals surface area contributed by atoms with E-state index < -0.39 is 120 Å². The largest absolute Gasteiger partial charge is 0.481 e. The third-order valence-corrected chi connectivity index (χ3v) is 15.5. The first-order chi connectivity index (χ1) is 35.9. The maximum absolute atomic E-state index is 13.4. The van der Waals surface area contributed by atoms with E-state index in [1.54, 1.807) is 12.2 Å². The molecule has 0 amide bonds. The van der Waals surface area contributed by atoms with Crippen LogP contribution in [-0.4, -0.2) is 119 Å². The predicted molar refractivity (Wildman–Crippen MR) is 281 cm³/mol. The minimum absolute atomic E-state index is 0.0706. The van der Waals surface area contributed by atoms with Gasteiger partial charge in [0.05, 0.1) is 37.6 Å². The molecule has 428 valence electrons. The summed E-state index contributed by atoms with van der Waals surface area (Å²) in [5.74, 6) is -4.15. The zero-order valence-corrected chi connectivity index (χ0v) is 45.7. The van der Waals surface area contributed by atoms with E-state index in [0.29, 0.717) is 19.3 Å². The molecule has 1 saturated heterocycles. The average molecular weight is 1100 g/mol. The molecular formula is C52H87N3O18P2. The summed E-state index contributed by atoms with van der Waals surface area (Å²) in [6.45, 7) is 1.48. The lowest BCUT2D eigenvalue weighted by Crippen LogP contribution is -2.52. The van der Waals surface area contributed by atoms with E-state index >= 15 is 0 Å². The third kappa shape index (κ3) is 27.2. The molecule has 0 radical (unpaired) electrons. The number of fused-ring (bicyclic) bond motifs is 3. The molecule has 2 unspecified atom stereocenters. The maximum Gasteiger partial charge on any atom is 0.481 e. The molecule has 75 heavy (non-hydrogen) atoms. The Balaban J connectivity index is 1.73. The van der Waals surface area contributed by atoms with Gasteiger partial charge in [0, 0.05) is 37.3 Å². The van der Waals surface area contributed by atoms with E-state index in [-0.39, 0.29) is 37.9 Å². The number of ether oxygens (including phenoxy) is 3. The number of hydrogen-bond acceptors (Lipinski definition) is 18. The Morgan fingerprint density at radius 3 is 2.17 bits per heavy atom. The summed E-state index contributed by atoms with van der Waals surface area (Å²) in [4.78, 5) is 64.2. The predicted octanol–water partition coefficient (Wildman–Crippen LogP) is 7.72. The molecule has 2 bridgehead atoms. The summed E-state index contributed by atoms with van der Waals surface area (Å²) in [6.07, 6.45) is 18.9.